The fourth-order valence-corrected chi connectivity index (χ4v) is 8.98. The van der Waals surface area contributed by atoms with E-state index >= 15 is 0 Å². The second-order valence-electron chi connectivity index (χ2n) is 15.2. The van der Waals surface area contributed by atoms with Gasteiger partial charge in [0.05, 0.1) is 17.3 Å². The lowest BCUT2D eigenvalue weighted by Crippen LogP contribution is -2.46. The highest BCUT2D eigenvalue weighted by molar-refractivity contribution is 6.74. The Hall–Kier alpha value is -1.70. The van der Waals surface area contributed by atoms with E-state index in [1.807, 2.05) is 0 Å². The molecule has 224 valence electrons. The molecule has 41 heavy (non-hydrogen) atoms. The zero-order valence-corrected chi connectivity index (χ0v) is 26.8. The molecule has 6 rings (SSSR count). The molecule has 3 nitrogen and oxygen atoms in total. The van der Waals surface area contributed by atoms with Crippen LogP contribution in [0.4, 0.5) is 13.2 Å². The Labute approximate surface area is 244 Å². The molecule has 0 N–H and O–H groups in total. The fourth-order valence-electron chi connectivity index (χ4n) is 7.71. The summed E-state index contributed by atoms with van der Waals surface area (Å²) in [7, 11) is -2.11. The van der Waals surface area contributed by atoms with E-state index in [9.17, 15) is 13.2 Å². The van der Waals surface area contributed by atoms with Crippen LogP contribution >= 0.6 is 0 Å². The van der Waals surface area contributed by atoms with Gasteiger partial charge in [-0.25, -0.2) is 0 Å². The largest absolute Gasteiger partial charge is 0.416 e. The SMILES string of the molecule is CC(C)c1nc2c(c3c1[C@@H](c1ccc(C(F)(F)F)cc1)OC31CCCC1)C(O[Si](C)(C)C(C)(C)C)CC1(CCC1)C2. The number of halogens is 3. The van der Waals surface area contributed by atoms with Crippen molar-refractivity contribution < 1.29 is 22.3 Å². The van der Waals surface area contributed by atoms with Gasteiger partial charge in [0, 0.05) is 22.5 Å². The number of alkyl halides is 3. The third-order valence-corrected chi connectivity index (χ3v) is 15.6. The number of aromatic nitrogens is 1. The van der Waals surface area contributed by atoms with Gasteiger partial charge >= 0.3 is 6.18 Å². The molecule has 2 spiro atoms. The van der Waals surface area contributed by atoms with E-state index in [1.54, 1.807) is 12.1 Å². The van der Waals surface area contributed by atoms with E-state index in [0.29, 0.717) is 0 Å². The maximum Gasteiger partial charge on any atom is 0.416 e. The number of pyridine rings is 1. The molecule has 1 unspecified atom stereocenters. The van der Waals surface area contributed by atoms with Crippen molar-refractivity contribution in [3.8, 4) is 0 Å². The molecule has 4 aliphatic rings. The Morgan fingerprint density at radius 3 is 2.10 bits per heavy atom. The highest BCUT2D eigenvalue weighted by Crippen LogP contribution is 2.62. The van der Waals surface area contributed by atoms with Crippen molar-refractivity contribution in [1.82, 2.24) is 4.98 Å². The van der Waals surface area contributed by atoms with Crippen molar-refractivity contribution in [1.29, 1.82) is 0 Å². The molecule has 1 aromatic carbocycles. The van der Waals surface area contributed by atoms with Crippen LogP contribution in [0, 0.1) is 5.41 Å². The van der Waals surface area contributed by atoms with Crippen LogP contribution in [0.25, 0.3) is 0 Å². The minimum absolute atomic E-state index is 0.0187. The summed E-state index contributed by atoms with van der Waals surface area (Å²) in [6.07, 6.45) is 4.99. The van der Waals surface area contributed by atoms with Crippen molar-refractivity contribution in [3.63, 3.8) is 0 Å². The summed E-state index contributed by atoms with van der Waals surface area (Å²) in [4.78, 5) is 5.47. The third kappa shape index (κ3) is 4.82. The van der Waals surface area contributed by atoms with E-state index in [4.69, 9.17) is 14.1 Å². The summed E-state index contributed by atoms with van der Waals surface area (Å²) >= 11 is 0. The smallest absolute Gasteiger partial charge is 0.410 e. The number of hydrogen-bond acceptors (Lipinski definition) is 3. The molecule has 0 radical (unpaired) electrons. The molecule has 3 aliphatic carbocycles. The molecule has 7 heteroatoms. The lowest BCUT2D eigenvalue weighted by atomic mass is 9.59. The Kier molecular flexibility index (Phi) is 6.91. The molecule has 1 aliphatic heterocycles. The number of ether oxygens (including phenoxy) is 1. The van der Waals surface area contributed by atoms with Crippen molar-refractivity contribution >= 4 is 8.32 Å². The highest BCUT2D eigenvalue weighted by atomic mass is 28.4. The molecular formula is C34H46F3NO2Si. The Bertz CT molecular complexity index is 1320. The van der Waals surface area contributed by atoms with E-state index in [1.165, 1.54) is 48.2 Å². The van der Waals surface area contributed by atoms with E-state index in [-0.39, 0.29) is 22.5 Å². The molecule has 0 saturated heterocycles. The first kappa shape index (κ1) is 29.4. The maximum absolute atomic E-state index is 13.4. The van der Waals surface area contributed by atoms with E-state index < -0.39 is 31.8 Å². The zero-order valence-electron chi connectivity index (χ0n) is 25.8. The number of hydrogen-bond donors (Lipinski definition) is 0. The van der Waals surface area contributed by atoms with Crippen LogP contribution in [0.15, 0.2) is 24.3 Å². The van der Waals surface area contributed by atoms with Crippen LogP contribution in [-0.2, 0) is 27.4 Å². The van der Waals surface area contributed by atoms with E-state index in [2.05, 4.69) is 47.7 Å². The Morgan fingerprint density at radius 1 is 0.951 bits per heavy atom. The topological polar surface area (TPSA) is 31.4 Å². The Balaban J connectivity index is 1.57. The second-order valence-corrected chi connectivity index (χ2v) is 20.0. The summed E-state index contributed by atoms with van der Waals surface area (Å²) in [5, 5.41) is 0.0795. The average Bonchev–Trinajstić information content (AvgIpc) is 3.46. The summed E-state index contributed by atoms with van der Waals surface area (Å²) in [5.41, 5.74) is 5.89. The van der Waals surface area contributed by atoms with Gasteiger partial charge in [-0.2, -0.15) is 13.2 Å². The quantitative estimate of drug-likeness (QED) is 0.335. The summed E-state index contributed by atoms with van der Waals surface area (Å²) < 4.78 is 54.8. The standard InChI is InChI=1S/C34H46F3NO2Si/c1-21(2)29-27-28(33(17-8-9-18-33)39-30(27)22-11-13-23(14-12-22)34(35,36)37)26-24(38-29)19-32(15-10-16-32)20-25(26)40-41(6,7)31(3,4)5/h11-14,21,25,30H,8-10,15-20H2,1-7H3/t25?,30-/m1/s1. The van der Waals surface area contributed by atoms with Crippen LogP contribution in [0.2, 0.25) is 18.1 Å². The van der Waals surface area contributed by atoms with Crippen LogP contribution < -0.4 is 0 Å². The van der Waals surface area contributed by atoms with Crippen molar-refractivity contribution in [3.05, 3.63) is 63.5 Å². The molecule has 2 saturated carbocycles. The number of rotatable bonds is 4. The predicted octanol–water partition coefficient (Wildman–Crippen LogP) is 10.3. The first-order valence-electron chi connectivity index (χ1n) is 15.7. The van der Waals surface area contributed by atoms with Crippen LogP contribution in [0.1, 0.15) is 143 Å². The molecule has 2 heterocycles. The van der Waals surface area contributed by atoms with Gasteiger partial charge in [-0.3, -0.25) is 4.98 Å². The lowest BCUT2D eigenvalue weighted by Gasteiger charge is -2.51. The van der Waals surface area contributed by atoms with Crippen LogP contribution in [-0.4, -0.2) is 13.3 Å². The van der Waals surface area contributed by atoms with Gasteiger partial charge in [0.1, 0.15) is 6.10 Å². The Morgan fingerprint density at radius 2 is 1.59 bits per heavy atom. The monoisotopic (exact) mass is 585 g/mol. The van der Waals surface area contributed by atoms with Gasteiger partial charge < -0.3 is 9.16 Å². The second kappa shape index (κ2) is 9.65. The summed E-state index contributed by atoms with van der Waals surface area (Å²) in [6.45, 7) is 16.0. The van der Waals surface area contributed by atoms with Crippen molar-refractivity contribution in [2.75, 3.05) is 0 Å². The highest BCUT2D eigenvalue weighted by Gasteiger charge is 2.55. The molecule has 2 aromatic rings. The lowest BCUT2D eigenvalue weighted by molar-refractivity contribution is -0.137. The van der Waals surface area contributed by atoms with Gasteiger partial charge in [-0.05, 0) is 91.2 Å². The predicted molar refractivity (Wildman–Crippen MR) is 158 cm³/mol. The first-order chi connectivity index (χ1) is 19.1. The number of benzene rings is 1. The molecule has 1 aromatic heterocycles. The molecule has 0 bridgehead atoms. The van der Waals surface area contributed by atoms with Gasteiger partial charge in [-0.1, -0.05) is 66.0 Å². The fraction of sp³-hybridized carbons (Fsp3) is 0.676. The van der Waals surface area contributed by atoms with Gasteiger partial charge in [-0.15, -0.1) is 0 Å². The zero-order chi connectivity index (χ0) is 29.6. The minimum atomic E-state index is -4.37. The van der Waals surface area contributed by atoms with Crippen LogP contribution in [0.5, 0.6) is 0 Å². The van der Waals surface area contributed by atoms with E-state index in [0.717, 1.165) is 55.3 Å². The summed E-state index contributed by atoms with van der Waals surface area (Å²) in [6, 6.07) is 5.62. The van der Waals surface area contributed by atoms with Crippen LogP contribution in [0.3, 0.4) is 0 Å². The normalized spacial score (nSPS) is 25.0. The summed E-state index contributed by atoms with van der Waals surface area (Å²) in [5.74, 6) is 0.171. The van der Waals surface area contributed by atoms with Gasteiger partial charge in [0.15, 0.2) is 8.32 Å². The molecule has 2 atom stereocenters. The van der Waals surface area contributed by atoms with Gasteiger partial charge in [0.2, 0.25) is 0 Å². The van der Waals surface area contributed by atoms with Crippen molar-refractivity contribution in [2.45, 2.75) is 140 Å². The number of nitrogens with zero attached hydrogens (tertiary/aromatic N) is 1. The van der Waals surface area contributed by atoms with Crippen molar-refractivity contribution in [2.24, 2.45) is 5.41 Å². The molecule has 0 amide bonds. The maximum atomic E-state index is 13.4. The average molecular weight is 586 g/mol. The minimum Gasteiger partial charge on any atom is -0.410 e. The molecule has 2 fully saturated rings. The van der Waals surface area contributed by atoms with Gasteiger partial charge in [0.25, 0.3) is 0 Å². The first-order valence-corrected chi connectivity index (χ1v) is 18.6. The molecular weight excluding hydrogens is 539 g/mol. The number of fused-ring (bicyclic) bond motifs is 4. The third-order valence-electron chi connectivity index (χ3n) is 11.1.